The maximum Gasteiger partial charge on any atom is 0.574 e. The van der Waals surface area contributed by atoms with Gasteiger partial charge in [-0.2, -0.15) is 15.2 Å². The van der Waals surface area contributed by atoms with E-state index in [-0.39, 0.29) is 30.3 Å². The quantitative estimate of drug-likeness (QED) is 0.189. The number of alkyl halides is 4. The zero-order valence-corrected chi connectivity index (χ0v) is 24.7. The lowest BCUT2D eigenvalue weighted by atomic mass is 10.0. The standard InChI is InChI=1S/C31H26F4N8O4/c1-16(44)29-21-9-18(19-12-36-26-11-22(17-5-6-17)39-43(26)13-19)7-8-23(21)42(40-29)15-28(45)41-14-20(32)10-24(41)30(46)38-25-3-2-4-27(37-25)47-31(33,34)35/h2-4,7-9,11-13,17,20,24H,5-6,10,14-15H2,1H3,(H,37,38,46)/t20-,24+/m1/s1. The van der Waals surface area contributed by atoms with Crippen molar-refractivity contribution in [3.63, 3.8) is 0 Å². The molecule has 16 heteroatoms. The molecule has 1 saturated heterocycles. The van der Waals surface area contributed by atoms with Gasteiger partial charge in [0.25, 0.3) is 0 Å². The Bertz CT molecular complexity index is 2050. The van der Waals surface area contributed by atoms with Gasteiger partial charge in [0.15, 0.2) is 11.4 Å². The van der Waals surface area contributed by atoms with Crippen LogP contribution >= 0.6 is 0 Å². The fourth-order valence-electron chi connectivity index (χ4n) is 5.76. The molecule has 2 atom stereocenters. The molecule has 2 amide bonds. The molecule has 5 heterocycles. The summed E-state index contributed by atoms with van der Waals surface area (Å²) in [7, 11) is 0. The smallest absolute Gasteiger partial charge is 0.388 e. The van der Waals surface area contributed by atoms with Crippen LogP contribution in [0.25, 0.3) is 27.7 Å². The molecule has 1 saturated carbocycles. The Morgan fingerprint density at radius 3 is 2.62 bits per heavy atom. The number of hydrogen-bond acceptors (Lipinski definition) is 8. The third-order valence-electron chi connectivity index (χ3n) is 8.10. The molecule has 4 aromatic heterocycles. The van der Waals surface area contributed by atoms with Gasteiger partial charge in [-0.3, -0.25) is 19.1 Å². The minimum Gasteiger partial charge on any atom is -0.388 e. The summed E-state index contributed by atoms with van der Waals surface area (Å²) in [6, 6.07) is 9.39. The topological polar surface area (TPSA) is 137 Å². The number of aromatic nitrogens is 6. The van der Waals surface area contributed by atoms with Crippen molar-refractivity contribution in [2.24, 2.45) is 0 Å². The third kappa shape index (κ3) is 6.22. The highest BCUT2D eigenvalue weighted by Crippen LogP contribution is 2.39. The SMILES string of the molecule is CC(=O)c1nn(CC(=O)N2C[C@H](F)C[C@H]2C(=O)Nc2cccc(OC(F)(F)F)n2)c2ccc(-c3cnc4cc(C5CC5)nn4c3)cc12. The average Bonchev–Trinajstić information content (AvgIpc) is 3.49. The number of carbonyl (C=O) groups excluding carboxylic acids is 3. The van der Waals surface area contributed by atoms with Crippen molar-refractivity contribution in [3.8, 4) is 17.0 Å². The summed E-state index contributed by atoms with van der Waals surface area (Å²) in [5.74, 6) is -2.40. The van der Waals surface area contributed by atoms with Crippen molar-refractivity contribution >= 4 is 40.0 Å². The van der Waals surface area contributed by atoms with Gasteiger partial charge >= 0.3 is 6.36 Å². The molecule has 1 N–H and O–H groups in total. The highest BCUT2D eigenvalue weighted by Gasteiger charge is 2.40. The van der Waals surface area contributed by atoms with E-state index in [4.69, 9.17) is 0 Å². The Hall–Kier alpha value is -5.41. The number of pyridine rings is 1. The van der Waals surface area contributed by atoms with Crippen molar-refractivity contribution < 1.29 is 36.7 Å². The van der Waals surface area contributed by atoms with Crippen LogP contribution in [0.2, 0.25) is 0 Å². The van der Waals surface area contributed by atoms with Crippen molar-refractivity contribution in [1.82, 2.24) is 34.3 Å². The van der Waals surface area contributed by atoms with Crippen LogP contribution in [0.1, 0.15) is 48.3 Å². The number of carbonyl (C=O) groups is 3. The molecule has 2 aliphatic rings. The highest BCUT2D eigenvalue weighted by molar-refractivity contribution is 6.06. The number of nitrogens with zero attached hydrogens (tertiary/aromatic N) is 7. The molecule has 2 fully saturated rings. The Kier molecular flexibility index (Phi) is 7.36. The Morgan fingerprint density at radius 2 is 1.87 bits per heavy atom. The van der Waals surface area contributed by atoms with E-state index in [1.54, 1.807) is 28.9 Å². The highest BCUT2D eigenvalue weighted by atomic mass is 19.4. The Labute approximate surface area is 263 Å². The second-order valence-electron chi connectivity index (χ2n) is 11.6. The van der Waals surface area contributed by atoms with E-state index in [2.05, 4.69) is 30.2 Å². The minimum absolute atomic E-state index is 0.130. The summed E-state index contributed by atoms with van der Waals surface area (Å²) in [6.45, 7) is 0.571. The number of hydrogen-bond donors (Lipinski definition) is 1. The summed E-state index contributed by atoms with van der Waals surface area (Å²) < 4.78 is 59.2. The van der Waals surface area contributed by atoms with Gasteiger partial charge in [-0.15, -0.1) is 13.2 Å². The lowest BCUT2D eigenvalue weighted by Gasteiger charge is -2.23. The van der Waals surface area contributed by atoms with E-state index in [9.17, 15) is 31.9 Å². The first-order valence-corrected chi connectivity index (χ1v) is 14.8. The second kappa shape index (κ2) is 11.4. The van der Waals surface area contributed by atoms with Crippen LogP contribution in [0.4, 0.5) is 23.4 Å². The first kappa shape index (κ1) is 30.3. The van der Waals surface area contributed by atoms with Crippen LogP contribution in [0, 0.1) is 0 Å². The number of amides is 2. The molecule has 7 rings (SSSR count). The number of ether oxygens (including phenoxy) is 1. The van der Waals surface area contributed by atoms with Crippen molar-refractivity contribution in [3.05, 3.63) is 66.2 Å². The molecule has 242 valence electrons. The molecule has 1 aromatic carbocycles. The summed E-state index contributed by atoms with van der Waals surface area (Å²) in [5.41, 5.74) is 3.85. The summed E-state index contributed by atoms with van der Waals surface area (Å²) >= 11 is 0. The van der Waals surface area contributed by atoms with E-state index >= 15 is 0 Å². The van der Waals surface area contributed by atoms with E-state index < -0.39 is 42.8 Å². The monoisotopic (exact) mass is 650 g/mol. The first-order valence-electron chi connectivity index (χ1n) is 14.8. The van der Waals surface area contributed by atoms with E-state index in [1.807, 2.05) is 12.3 Å². The van der Waals surface area contributed by atoms with Gasteiger partial charge in [-0.05, 0) is 36.6 Å². The lowest BCUT2D eigenvalue weighted by Crippen LogP contribution is -2.44. The van der Waals surface area contributed by atoms with Gasteiger partial charge in [-0.1, -0.05) is 12.1 Å². The summed E-state index contributed by atoms with van der Waals surface area (Å²) in [6.07, 6.45) is -1.02. The maximum absolute atomic E-state index is 14.6. The van der Waals surface area contributed by atoms with Crippen LogP contribution < -0.4 is 10.1 Å². The number of anilines is 1. The number of halogens is 4. The van der Waals surface area contributed by atoms with Gasteiger partial charge < -0.3 is 15.0 Å². The van der Waals surface area contributed by atoms with Gasteiger partial charge in [0.05, 0.1) is 17.8 Å². The normalized spacial score (nSPS) is 18.2. The van der Waals surface area contributed by atoms with Gasteiger partial charge in [0, 0.05) is 54.7 Å². The summed E-state index contributed by atoms with van der Waals surface area (Å²) in [5, 5.41) is 11.9. The fourth-order valence-corrected chi connectivity index (χ4v) is 5.76. The minimum atomic E-state index is -4.99. The van der Waals surface area contributed by atoms with Crippen LogP contribution in [0.3, 0.4) is 0 Å². The Morgan fingerprint density at radius 1 is 1.06 bits per heavy atom. The molecule has 47 heavy (non-hydrogen) atoms. The largest absolute Gasteiger partial charge is 0.574 e. The molecule has 1 aliphatic heterocycles. The van der Waals surface area contributed by atoms with Crippen LogP contribution in [-0.2, 0) is 16.1 Å². The number of Topliss-reactive ketones (excluding diaryl/α,β-unsaturated/α-hetero) is 1. The Balaban J connectivity index is 1.12. The summed E-state index contributed by atoms with van der Waals surface area (Å²) in [4.78, 5) is 48.3. The molecule has 1 aliphatic carbocycles. The van der Waals surface area contributed by atoms with Crippen LogP contribution in [0.15, 0.2) is 54.9 Å². The predicted molar refractivity (Wildman–Crippen MR) is 158 cm³/mol. The van der Waals surface area contributed by atoms with E-state index in [1.165, 1.54) is 23.7 Å². The number of fused-ring (bicyclic) bond motifs is 2. The third-order valence-corrected chi connectivity index (χ3v) is 8.10. The van der Waals surface area contributed by atoms with E-state index in [0.717, 1.165) is 46.3 Å². The number of ketones is 1. The lowest BCUT2D eigenvalue weighted by molar-refractivity contribution is -0.276. The predicted octanol–water partition coefficient (Wildman–Crippen LogP) is 4.70. The molecule has 5 aromatic rings. The first-order chi connectivity index (χ1) is 22.4. The zero-order chi connectivity index (χ0) is 33.0. The van der Waals surface area contributed by atoms with Crippen molar-refractivity contribution in [1.29, 1.82) is 0 Å². The molecule has 0 bridgehead atoms. The maximum atomic E-state index is 14.6. The molecular weight excluding hydrogens is 624 g/mol. The van der Waals surface area contributed by atoms with Crippen molar-refractivity contribution in [2.75, 3.05) is 11.9 Å². The van der Waals surface area contributed by atoms with E-state index in [0.29, 0.717) is 16.8 Å². The molecular formula is C31H26F4N8O4. The van der Waals surface area contributed by atoms with Crippen molar-refractivity contribution in [2.45, 2.75) is 57.2 Å². The van der Waals surface area contributed by atoms with Gasteiger partial charge in [0.1, 0.15) is 30.3 Å². The molecule has 0 radical (unpaired) electrons. The van der Waals surface area contributed by atoms with Gasteiger partial charge in [0.2, 0.25) is 17.7 Å². The zero-order valence-electron chi connectivity index (χ0n) is 24.7. The van der Waals surface area contributed by atoms with Gasteiger partial charge in [-0.25, -0.2) is 13.9 Å². The fraction of sp³-hybridized carbons (Fsp3) is 0.323. The van der Waals surface area contributed by atoms with Crippen LogP contribution in [-0.4, -0.2) is 77.0 Å². The molecule has 0 unspecified atom stereocenters. The molecule has 12 nitrogen and oxygen atoms in total. The average molecular weight is 651 g/mol. The number of rotatable bonds is 8. The number of benzene rings is 1. The second-order valence-corrected chi connectivity index (χ2v) is 11.6. The molecule has 0 spiro atoms. The number of nitrogens with one attached hydrogen (secondary N) is 1. The van der Waals surface area contributed by atoms with Crippen LogP contribution in [0.5, 0.6) is 5.88 Å². The number of likely N-dealkylation sites (tertiary alicyclic amines) is 1.